The van der Waals surface area contributed by atoms with Crippen LogP contribution in [0.4, 0.5) is 0 Å². The first-order chi connectivity index (χ1) is 28.6. The Balaban J connectivity index is 4.12. The van der Waals surface area contributed by atoms with E-state index in [0.717, 1.165) is 32.1 Å². The quantitative estimate of drug-likeness (QED) is 0.0214. The van der Waals surface area contributed by atoms with Gasteiger partial charge in [-0.15, -0.1) is 0 Å². The monoisotopic (exact) mass is 859 g/mol. The van der Waals surface area contributed by atoms with Crippen LogP contribution in [-0.4, -0.2) is 75.6 Å². The van der Waals surface area contributed by atoms with Crippen LogP contribution in [0.1, 0.15) is 245 Å². The molecule has 0 amide bonds. The van der Waals surface area contributed by atoms with Crippen molar-refractivity contribution in [2.75, 3.05) is 54.1 Å². The fraction of sp³-hybridized carbons (Fsp3) is 0.940. The Labute approximate surface area is 367 Å². The van der Waals surface area contributed by atoms with Gasteiger partial charge in [0.2, 0.25) is 0 Å². The molecule has 0 aliphatic carbocycles. The molecule has 0 aromatic rings. The van der Waals surface area contributed by atoms with E-state index in [1.54, 1.807) is 0 Å². The van der Waals surface area contributed by atoms with Gasteiger partial charge in [0.1, 0.15) is 19.3 Å². The minimum atomic E-state index is -4.27. The molecule has 2 unspecified atom stereocenters. The van der Waals surface area contributed by atoms with Gasteiger partial charge in [-0.05, 0) is 38.5 Å². The van der Waals surface area contributed by atoms with Crippen LogP contribution in [0.15, 0.2) is 12.2 Å². The van der Waals surface area contributed by atoms with Gasteiger partial charge >= 0.3 is 13.8 Å². The van der Waals surface area contributed by atoms with Crippen molar-refractivity contribution >= 4 is 13.8 Å². The number of carbonyl (C=O) groups is 1. The van der Waals surface area contributed by atoms with Crippen LogP contribution < -0.4 is 0 Å². The van der Waals surface area contributed by atoms with E-state index in [1.165, 1.54) is 193 Å². The second-order valence-electron chi connectivity index (χ2n) is 18.6. The molecule has 59 heavy (non-hydrogen) atoms. The Kier molecular flexibility index (Phi) is 43.3. The van der Waals surface area contributed by atoms with Crippen LogP contribution in [0.3, 0.4) is 0 Å². The van der Waals surface area contributed by atoms with E-state index >= 15 is 0 Å². The number of likely N-dealkylation sites (N-methyl/N-ethyl adjacent to an activating group) is 1. The van der Waals surface area contributed by atoms with Crippen molar-refractivity contribution < 1.29 is 37.3 Å². The molecule has 9 heteroatoms. The maximum absolute atomic E-state index is 12.8. The van der Waals surface area contributed by atoms with E-state index in [4.69, 9.17) is 18.5 Å². The molecule has 352 valence electrons. The molecule has 0 radical (unpaired) electrons. The van der Waals surface area contributed by atoms with Gasteiger partial charge in [0.15, 0.2) is 0 Å². The summed E-state index contributed by atoms with van der Waals surface area (Å²) in [5.74, 6) is -0.308. The van der Waals surface area contributed by atoms with E-state index < -0.39 is 13.9 Å². The van der Waals surface area contributed by atoms with Crippen molar-refractivity contribution in [3.63, 3.8) is 0 Å². The van der Waals surface area contributed by atoms with Crippen molar-refractivity contribution in [3.8, 4) is 0 Å². The molecule has 0 aliphatic heterocycles. The maximum atomic E-state index is 12.8. The molecule has 0 rings (SSSR count). The average Bonchev–Trinajstić information content (AvgIpc) is 3.19. The van der Waals surface area contributed by atoms with Crippen molar-refractivity contribution in [3.05, 3.63) is 12.2 Å². The van der Waals surface area contributed by atoms with Crippen LogP contribution in [0.25, 0.3) is 0 Å². The zero-order chi connectivity index (χ0) is 43.4. The molecule has 0 aromatic carbocycles. The number of carbonyl (C=O) groups excluding carboxylic acids is 1. The highest BCUT2D eigenvalue weighted by molar-refractivity contribution is 7.47. The van der Waals surface area contributed by atoms with Gasteiger partial charge in [-0.2, -0.15) is 0 Å². The number of unbranched alkanes of at least 4 members (excludes halogenated alkanes) is 32. The van der Waals surface area contributed by atoms with Crippen LogP contribution in [0.2, 0.25) is 0 Å². The summed E-state index contributed by atoms with van der Waals surface area (Å²) in [7, 11) is 1.68. The fourth-order valence-corrected chi connectivity index (χ4v) is 8.11. The lowest BCUT2D eigenvalue weighted by Gasteiger charge is -2.24. The normalized spacial score (nSPS) is 13.7. The Morgan fingerprint density at radius 3 is 1.29 bits per heavy atom. The highest BCUT2D eigenvalue weighted by Crippen LogP contribution is 2.43. The molecule has 0 aliphatic rings. The zero-order valence-corrected chi connectivity index (χ0v) is 40.9. The van der Waals surface area contributed by atoms with Crippen molar-refractivity contribution in [2.24, 2.45) is 0 Å². The van der Waals surface area contributed by atoms with Gasteiger partial charge < -0.3 is 18.9 Å². The summed E-state index contributed by atoms with van der Waals surface area (Å²) in [4.78, 5) is 23.0. The van der Waals surface area contributed by atoms with Gasteiger partial charge in [0, 0.05) is 13.0 Å². The van der Waals surface area contributed by atoms with Gasteiger partial charge in [0.25, 0.3) is 0 Å². The number of quaternary nitrogens is 1. The first-order valence-electron chi connectivity index (χ1n) is 25.4. The van der Waals surface area contributed by atoms with Crippen LogP contribution >= 0.6 is 7.82 Å². The lowest BCUT2D eigenvalue weighted by molar-refractivity contribution is -0.870. The molecular weight excluding hydrogens is 758 g/mol. The van der Waals surface area contributed by atoms with Gasteiger partial charge in [-0.25, -0.2) is 4.57 Å². The van der Waals surface area contributed by atoms with E-state index in [9.17, 15) is 14.3 Å². The Hall–Kier alpha value is -0.760. The number of hydrogen-bond donors (Lipinski definition) is 1. The first kappa shape index (κ1) is 58.2. The standard InChI is InChI=1S/C50H100NO7P/c1-6-8-10-12-14-16-18-20-22-24-26-27-29-31-33-35-37-39-41-43-50(52)58-49(48-57-59(53,54)56-46-44-51(3,4)5)47-55-45-42-40-38-36-34-32-30-28-25-23-21-19-17-15-13-11-9-7-2/h21,23,49H,6-20,22,24-48H2,1-5H3/p+1/b23-21-. The van der Waals surface area contributed by atoms with Crippen LogP contribution in [-0.2, 0) is 27.9 Å². The Morgan fingerprint density at radius 2 is 0.881 bits per heavy atom. The van der Waals surface area contributed by atoms with E-state index in [-0.39, 0.29) is 25.8 Å². The summed E-state index contributed by atoms with van der Waals surface area (Å²) in [6.45, 7) is 5.67. The molecule has 0 saturated carbocycles. The summed E-state index contributed by atoms with van der Waals surface area (Å²) in [6.07, 6.45) is 49.6. The molecular formula is C50H101NO7P+. The zero-order valence-electron chi connectivity index (χ0n) is 40.0. The van der Waals surface area contributed by atoms with Crippen molar-refractivity contribution in [1.82, 2.24) is 0 Å². The number of esters is 1. The van der Waals surface area contributed by atoms with E-state index in [0.29, 0.717) is 24.1 Å². The number of nitrogens with zero attached hydrogens (tertiary/aromatic N) is 1. The van der Waals surface area contributed by atoms with Crippen LogP contribution in [0, 0.1) is 0 Å². The number of ether oxygens (including phenoxy) is 2. The summed E-state index contributed by atoms with van der Waals surface area (Å²) in [6, 6.07) is 0. The summed E-state index contributed by atoms with van der Waals surface area (Å²) >= 11 is 0. The molecule has 1 N–H and O–H groups in total. The molecule has 0 saturated heterocycles. The molecule has 2 atom stereocenters. The Bertz CT molecular complexity index is 956. The van der Waals surface area contributed by atoms with E-state index in [1.807, 2.05) is 21.1 Å². The third-order valence-corrected chi connectivity index (χ3v) is 12.3. The third kappa shape index (κ3) is 48.1. The molecule has 0 fully saturated rings. The molecule has 0 aromatic heterocycles. The highest BCUT2D eigenvalue weighted by Gasteiger charge is 2.26. The van der Waals surface area contributed by atoms with Gasteiger partial charge in [0.05, 0.1) is 34.4 Å². The fourth-order valence-electron chi connectivity index (χ4n) is 7.37. The number of rotatable bonds is 48. The number of allylic oxidation sites excluding steroid dienone is 2. The molecule has 0 bridgehead atoms. The maximum Gasteiger partial charge on any atom is 0.472 e. The molecule has 0 heterocycles. The van der Waals surface area contributed by atoms with Crippen molar-refractivity contribution in [2.45, 2.75) is 251 Å². The summed E-state index contributed by atoms with van der Waals surface area (Å²) in [5, 5.41) is 0. The smallest absolute Gasteiger partial charge is 0.457 e. The lowest BCUT2D eigenvalue weighted by atomic mass is 10.0. The highest BCUT2D eigenvalue weighted by atomic mass is 31.2. The second kappa shape index (κ2) is 43.9. The predicted octanol–water partition coefficient (Wildman–Crippen LogP) is 15.4. The number of phosphoric acid groups is 1. The summed E-state index contributed by atoms with van der Waals surface area (Å²) in [5.41, 5.74) is 0. The largest absolute Gasteiger partial charge is 0.472 e. The minimum Gasteiger partial charge on any atom is -0.457 e. The first-order valence-corrected chi connectivity index (χ1v) is 26.9. The van der Waals surface area contributed by atoms with Gasteiger partial charge in [-0.1, -0.05) is 212 Å². The third-order valence-electron chi connectivity index (χ3n) is 11.3. The molecule has 8 nitrogen and oxygen atoms in total. The number of hydrogen-bond acceptors (Lipinski definition) is 6. The summed E-state index contributed by atoms with van der Waals surface area (Å²) < 4.78 is 35.1. The Morgan fingerprint density at radius 1 is 0.508 bits per heavy atom. The average molecular weight is 859 g/mol. The predicted molar refractivity (Wildman–Crippen MR) is 252 cm³/mol. The second-order valence-corrected chi connectivity index (χ2v) is 20.0. The lowest BCUT2D eigenvalue weighted by Crippen LogP contribution is -2.37. The van der Waals surface area contributed by atoms with Crippen molar-refractivity contribution in [1.29, 1.82) is 0 Å². The number of phosphoric ester groups is 1. The SMILES string of the molecule is CCCCCCCC/C=C\CCCCCCCCCCOCC(COP(=O)(O)OCC[N+](C)(C)C)OC(=O)CCCCCCCCCCCCCCCCCCCCC. The van der Waals surface area contributed by atoms with E-state index in [2.05, 4.69) is 26.0 Å². The van der Waals surface area contributed by atoms with Crippen LogP contribution in [0.5, 0.6) is 0 Å². The minimum absolute atomic E-state index is 0.0916. The topological polar surface area (TPSA) is 91.3 Å². The molecule has 0 spiro atoms. The van der Waals surface area contributed by atoms with Gasteiger partial charge in [-0.3, -0.25) is 13.8 Å².